The van der Waals surface area contributed by atoms with E-state index in [0.717, 1.165) is 81.6 Å². The first-order valence-corrected chi connectivity index (χ1v) is 29.3. The Morgan fingerprint density at radius 2 is 1.10 bits per heavy atom. The molecule has 2 heterocycles. The Labute approximate surface area is 420 Å². The van der Waals surface area contributed by atoms with Gasteiger partial charge in [-0.25, -0.2) is 9.36 Å². The zero-order chi connectivity index (χ0) is 51.4. The van der Waals surface area contributed by atoms with Crippen molar-refractivity contribution in [1.82, 2.24) is 14.9 Å². The molecular formula is C53H96N3O13P. The van der Waals surface area contributed by atoms with Crippen LogP contribution in [0.3, 0.4) is 0 Å². The molecule has 16 nitrogen and oxygen atoms in total. The number of carbonyl (C=O) groups excluding carboxylic acids is 3. The first-order valence-electron chi connectivity index (χ1n) is 27.7. The van der Waals surface area contributed by atoms with Gasteiger partial charge in [-0.1, -0.05) is 201 Å². The number of aromatic nitrogens is 2. The van der Waals surface area contributed by atoms with Gasteiger partial charge >= 0.3 is 25.5 Å². The summed E-state index contributed by atoms with van der Waals surface area (Å²) < 4.78 is 36.6. The molecule has 0 spiro atoms. The number of nitrogens with zero attached hydrogens (tertiary/aromatic N) is 1. The minimum absolute atomic E-state index is 0.0558. The van der Waals surface area contributed by atoms with Crippen LogP contribution in [0.4, 0.5) is 0 Å². The number of aromatic amines is 1. The van der Waals surface area contributed by atoms with Gasteiger partial charge in [-0.15, -0.1) is 0 Å². The maximum atomic E-state index is 14.3. The normalized spacial score (nSPS) is 18.7. The van der Waals surface area contributed by atoms with E-state index in [-0.39, 0.29) is 24.8 Å². The second-order valence-corrected chi connectivity index (χ2v) is 21.0. The number of ether oxygens (including phenoxy) is 3. The fraction of sp³-hybridized carbons (Fsp3) is 0.868. The van der Waals surface area contributed by atoms with E-state index in [0.29, 0.717) is 25.7 Å². The number of hydrogen-bond donors (Lipinski definition) is 5. The molecular weight excluding hydrogens is 918 g/mol. The predicted octanol–water partition coefficient (Wildman–Crippen LogP) is 11.2. The summed E-state index contributed by atoms with van der Waals surface area (Å²) in [5.41, 5.74) is -1.53. The number of nitrogens with one attached hydrogen (secondary N) is 2. The molecule has 70 heavy (non-hydrogen) atoms. The Bertz CT molecular complexity index is 1720. The van der Waals surface area contributed by atoms with Crippen molar-refractivity contribution >= 4 is 25.7 Å². The Morgan fingerprint density at radius 3 is 1.54 bits per heavy atom. The monoisotopic (exact) mass is 1010 g/mol. The third-order valence-corrected chi connectivity index (χ3v) is 13.9. The molecule has 1 aromatic rings. The number of carbonyl (C=O) groups is 3. The molecule has 0 bridgehead atoms. The molecule has 6 atom stereocenters. The molecule has 5 N–H and O–H groups in total. The largest absolute Gasteiger partial charge is 0.470 e. The van der Waals surface area contributed by atoms with Crippen LogP contribution in [0.15, 0.2) is 15.8 Å². The van der Waals surface area contributed by atoms with Crippen molar-refractivity contribution in [2.24, 2.45) is 0 Å². The van der Waals surface area contributed by atoms with Crippen LogP contribution in [0.1, 0.15) is 257 Å². The van der Waals surface area contributed by atoms with Gasteiger partial charge in [-0.05, 0) is 32.6 Å². The first-order chi connectivity index (χ1) is 33.7. The predicted molar refractivity (Wildman–Crippen MR) is 274 cm³/mol. The van der Waals surface area contributed by atoms with E-state index in [9.17, 15) is 43.4 Å². The molecule has 0 aromatic carbocycles. The summed E-state index contributed by atoms with van der Waals surface area (Å²) in [6.45, 7) is 7.16. The standard InChI is InChI=1S/C53H96N3O13P/c1-5-8-11-14-17-20-22-25-28-31-34-37-46(59)66-43(36-33-30-27-24-19-16-13-10-7-3)39-45(58)54-48-50(68-47(60)38-35-32-29-26-23-21-18-15-12-9-6-2)49(69-70(63,64)65)44(41-57)67-52(48)56-40-42(4)51(61)55-53(56)62/h40,43-44,48-50,52,57H,5-39,41H2,1-4H3,(H,54,58)(H,55,61,62)(H2,63,64,65)/t43-,44-,48-,49-,50-,52-/m1/s1. The van der Waals surface area contributed by atoms with Crippen LogP contribution in [0.2, 0.25) is 0 Å². The fourth-order valence-electron chi connectivity index (χ4n) is 9.32. The molecule has 17 heteroatoms. The van der Waals surface area contributed by atoms with E-state index in [4.69, 9.17) is 18.7 Å². The molecule has 2 rings (SSSR count). The molecule has 1 aliphatic heterocycles. The second kappa shape index (κ2) is 38.7. The molecule has 0 saturated carbocycles. The number of amides is 1. The van der Waals surface area contributed by atoms with E-state index in [1.54, 1.807) is 0 Å². The lowest BCUT2D eigenvalue weighted by Gasteiger charge is -2.45. The van der Waals surface area contributed by atoms with Gasteiger partial charge in [0.1, 0.15) is 24.4 Å². The summed E-state index contributed by atoms with van der Waals surface area (Å²) in [5.74, 6) is -1.84. The number of H-pyrrole nitrogens is 1. The third-order valence-electron chi connectivity index (χ3n) is 13.4. The molecule has 1 fully saturated rings. The zero-order valence-corrected chi connectivity index (χ0v) is 44.7. The van der Waals surface area contributed by atoms with Crippen LogP contribution in [-0.4, -0.2) is 79.4 Å². The SMILES string of the molecule is CCCCCCCCCCCCCC(=O)O[C@H](CCCCCCCCCCC)CC(=O)N[C@@H]1[C@@H](OC(=O)CCCCCCCCCCCCC)[C@H](OP(=O)(O)O)[C@@H](CO)O[C@H]1n1cc(C)c(=O)[nH]c1=O. The number of esters is 2. The first kappa shape index (κ1) is 63.2. The molecule has 1 saturated heterocycles. The fourth-order valence-corrected chi connectivity index (χ4v) is 9.89. The van der Waals surface area contributed by atoms with Crippen LogP contribution < -0.4 is 16.6 Å². The van der Waals surface area contributed by atoms with Crippen LogP contribution in [-0.2, 0) is 37.7 Å². The van der Waals surface area contributed by atoms with E-state index in [1.807, 2.05) is 0 Å². The van der Waals surface area contributed by atoms with Crippen molar-refractivity contribution in [3.05, 3.63) is 32.6 Å². The summed E-state index contributed by atoms with van der Waals surface area (Å²) in [6, 6.07) is -1.54. The summed E-state index contributed by atoms with van der Waals surface area (Å²) in [4.78, 5) is 89.4. The van der Waals surface area contributed by atoms with Gasteiger partial charge in [0, 0.05) is 24.6 Å². The number of phosphoric acid groups is 1. The van der Waals surface area contributed by atoms with Gasteiger partial charge in [-0.2, -0.15) is 0 Å². The van der Waals surface area contributed by atoms with E-state index < -0.39 is 80.2 Å². The summed E-state index contributed by atoms with van der Waals surface area (Å²) in [5, 5.41) is 13.3. The van der Waals surface area contributed by atoms with E-state index in [1.165, 1.54) is 116 Å². The lowest BCUT2D eigenvalue weighted by molar-refractivity contribution is -0.225. The topological polar surface area (TPSA) is 233 Å². The van der Waals surface area contributed by atoms with Crippen molar-refractivity contribution in [2.45, 2.75) is 289 Å². The highest BCUT2D eigenvalue weighted by atomic mass is 31.2. The van der Waals surface area contributed by atoms with Crippen LogP contribution in [0.25, 0.3) is 0 Å². The van der Waals surface area contributed by atoms with Gasteiger partial charge in [0.15, 0.2) is 12.3 Å². The van der Waals surface area contributed by atoms with Crippen molar-refractivity contribution in [3.8, 4) is 0 Å². The number of phosphoric ester groups is 1. The molecule has 0 radical (unpaired) electrons. The highest BCUT2D eigenvalue weighted by Crippen LogP contribution is 2.43. The van der Waals surface area contributed by atoms with Gasteiger partial charge in [0.25, 0.3) is 5.56 Å². The molecule has 406 valence electrons. The zero-order valence-electron chi connectivity index (χ0n) is 43.8. The van der Waals surface area contributed by atoms with Gasteiger partial charge in [0.05, 0.1) is 13.0 Å². The van der Waals surface area contributed by atoms with Crippen molar-refractivity contribution < 1.29 is 52.6 Å². The lowest BCUT2D eigenvalue weighted by atomic mass is 9.94. The molecule has 1 aliphatic rings. The average molecular weight is 1010 g/mol. The van der Waals surface area contributed by atoms with Gasteiger partial charge < -0.3 is 34.4 Å². The van der Waals surface area contributed by atoms with Crippen LogP contribution in [0, 0.1) is 6.92 Å². The van der Waals surface area contributed by atoms with Crippen molar-refractivity contribution in [3.63, 3.8) is 0 Å². The van der Waals surface area contributed by atoms with Gasteiger partial charge in [0.2, 0.25) is 5.91 Å². The highest BCUT2D eigenvalue weighted by molar-refractivity contribution is 7.46. The number of aryl methyl sites for hydroxylation is 1. The summed E-state index contributed by atoms with van der Waals surface area (Å²) >= 11 is 0. The average Bonchev–Trinajstić information content (AvgIpc) is 3.31. The van der Waals surface area contributed by atoms with Crippen LogP contribution >= 0.6 is 7.82 Å². The number of aliphatic hydroxyl groups is 1. The summed E-state index contributed by atoms with van der Waals surface area (Å²) in [7, 11) is -5.35. The molecule has 0 aliphatic carbocycles. The Kier molecular flexibility index (Phi) is 35.0. The molecule has 0 unspecified atom stereocenters. The van der Waals surface area contributed by atoms with Crippen molar-refractivity contribution in [1.29, 1.82) is 0 Å². The molecule has 1 aromatic heterocycles. The van der Waals surface area contributed by atoms with Gasteiger partial charge in [-0.3, -0.25) is 33.3 Å². The number of rotatable bonds is 43. The number of unbranched alkanes of at least 4 members (excludes halogenated alkanes) is 28. The number of hydrogen-bond acceptors (Lipinski definition) is 11. The maximum absolute atomic E-state index is 14.3. The van der Waals surface area contributed by atoms with E-state index >= 15 is 0 Å². The molecule has 1 amide bonds. The maximum Gasteiger partial charge on any atom is 0.470 e. The van der Waals surface area contributed by atoms with Crippen molar-refractivity contribution in [2.75, 3.05) is 6.61 Å². The minimum Gasteiger partial charge on any atom is -0.462 e. The number of aliphatic hydroxyl groups excluding tert-OH is 1. The van der Waals surface area contributed by atoms with E-state index in [2.05, 4.69) is 31.1 Å². The lowest BCUT2D eigenvalue weighted by Crippen LogP contribution is -2.65. The third kappa shape index (κ3) is 28.4. The Hall–Kier alpha value is -2.88. The Morgan fingerprint density at radius 1 is 0.671 bits per heavy atom. The minimum atomic E-state index is -5.35. The quantitative estimate of drug-likeness (QED) is 0.0233. The smallest absolute Gasteiger partial charge is 0.462 e. The summed E-state index contributed by atoms with van der Waals surface area (Å²) in [6.07, 6.45) is 27.7. The highest BCUT2D eigenvalue weighted by Gasteiger charge is 2.52. The Balaban J connectivity index is 2.29. The second-order valence-electron chi connectivity index (χ2n) is 19.8. The van der Waals surface area contributed by atoms with Crippen LogP contribution in [0.5, 0.6) is 0 Å².